The van der Waals surface area contributed by atoms with Crippen LogP contribution in [-0.4, -0.2) is 42.0 Å². The van der Waals surface area contributed by atoms with Gasteiger partial charge in [0.15, 0.2) is 5.13 Å². The summed E-state index contributed by atoms with van der Waals surface area (Å²) in [5.41, 5.74) is 4.13. The largest absolute Gasteiger partial charge is 0.302 e. The number of benzene rings is 3. The smallest absolute Gasteiger partial charge is 0.260 e. The van der Waals surface area contributed by atoms with Crippen LogP contribution in [0.3, 0.4) is 0 Å². The Morgan fingerprint density at radius 3 is 2.45 bits per heavy atom. The topological polar surface area (TPSA) is 36.4 Å². The average molecular weight is 432 g/mol. The van der Waals surface area contributed by atoms with Crippen molar-refractivity contribution in [3.8, 4) is 0 Å². The predicted molar refractivity (Wildman–Crippen MR) is 133 cm³/mol. The molecular formula is C26H29N3OS. The number of carbonyl (C=O) groups is 1. The molecule has 4 aromatic rings. The lowest BCUT2D eigenvalue weighted by Crippen LogP contribution is -2.39. The number of hydrogen-bond acceptors (Lipinski definition) is 4. The van der Waals surface area contributed by atoms with Gasteiger partial charge in [-0.2, -0.15) is 0 Å². The molecule has 0 bridgehead atoms. The zero-order valence-electron chi connectivity index (χ0n) is 18.7. The standard InChI is InChI=1S/C26H29N3OS/c1-5-28(6-2)16-17-29(26-27-24-19(4)18(3)14-15-23(24)31-26)25(30)22-13-9-11-20-10-7-8-12-21(20)22/h7-15H,5-6,16-17H2,1-4H3. The molecule has 0 aliphatic heterocycles. The van der Waals surface area contributed by atoms with Crippen LogP contribution in [0.5, 0.6) is 0 Å². The van der Waals surface area contributed by atoms with Crippen molar-refractivity contribution < 1.29 is 4.79 Å². The number of likely N-dealkylation sites (N-methyl/N-ethyl adjacent to an activating group) is 1. The first-order valence-electron chi connectivity index (χ1n) is 10.9. The summed E-state index contributed by atoms with van der Waals surface area (Å²) in [4.78, 5) is 23.0. The van der Waals surface area contributed by atoms with Crippen LogP contribution < -0.4 is 4.90 Å². The van der Waals surface area contributed by atoms with Crippen LogP contribution in [0.15, 0.2) is 54.6 Å². The fourth-order valence-electron chi connectivity index (χ4n) is 3.95. The summed E-state index contributed by atoms with van der Waals surface area (Å²) in [5.74, 6) is 0.0115. The highest BCUT2D eigenvalue weighted by Crippen LogP contribution is 2.33. The summed E-state index contributed by atoms with van der Waals surface area (Å²) in [6.07, 6.45) is 0. The lowest BCUT2D eigenvalue weighted by atomic mass is 10.0. The highest BCUT2D eigenvalue weighted by molar-refractivity contribution is 7.22. The lowest BCUT2D eigenvalue weighted by Gasteiger charge is -2.25. The third kappa shape index (κ3) is 4.21. The quantitative estimate of drug-likeness (QED) is 0.357. The lowest BCUT2D eigenvalue weighted by molar-refractivity contribution is 0.0985. The number of anilines is 1. The number of hydrogen-bond donors (Lipinski definition) is 0. The number of thiazole rings is 1. The second-order valence-electron chi connectivity index (χ2n) is 7.86. The minimum atomic E-state index is 0.0115. The number of aromatic nitrogens is 1. The van der Waals surface area contributed by atoms with Crippen LogP contribution in [0.1, 0.15) is 35.3 Å². The van der Waals surface area contributed by atoms with Gasteiger partial charge < -0.3 is 4.90 Å². The van der Waals surface area contributed by atoms with Gasteiger partial charge in [0.1, 0.15) is 0 Å². The Balaban J connectivity index is 1.79. The highest BCUT2D eigenvalue weighted by atomic mass is 32.1. The fourth-order valence-corrected chi connectivity index (χ4v) is 5.00. The van der Waals surface area contributed by atoms with E-state index in [4.69, 9.17) is 4.98 Å². The molecule has 4 nitrogen and oxygen atoms in total. The molecule has 0 radical (unpaired) electrons. The van der Waals surface area contributed by atoms with Gasteiger partial charge >= 0.3 is 0 Å². The first kappa shape index (κ1) is 21.5. The molecule has 3 aromatic carbocycles. The Bertz CT molecular complexity index is 1220. The summed E-state index contributed by atoms with van der Waals surface area (Å²) in [6, 6.07) is 18.3. The third-order valence-electron chi connectivity index (χ3n) is 6.10. The zero-order chi connectivity index (χ0) is 22.0. The van der Waals surface area contributed by atoms with Gasteiger partial charge in [-0.15, -0.1) is 0 Å². The minimum absolute atomic E-state index is 0.0115. The van der Waals surface area contributed by atoms with Crippen molar-refractivity contribution in [3.63, 3.8) is 0 Å². The minimum Gasteiger partial charge on any atom is -0.302 e. The molecule has 0 aliphatic rings. The van der Waals surface area contributed by atoms with Gasteiger partial charge in [0.05, 0.1) is 10.2 Å². The summed E-state index contributed by atoms with van der Waals surface area (Å²) in [7, 11) is 0. The van der Waals surface area contributed by atoms with Gasteiger partial charge in [-0.25, -0.2) is 4.98 Å². The molecule has 1 amide bonds. The van der Waals surface area contributed by atoms with E-state index in [0.29, 0.717) is 6.54 Å². The van der Waals surface area contributed by atoms with Crippen molar-refractivity contribution in [2.75, 3.05) is 31.1 Å². The Morgan fingerprint density at radius 2 is 1.68 bits per heavy atom. The number of aryl methyl sites for hydroxylation is 2. The Labute approximate surface area is 188 Å². The second-order valence-corrected chi connectivity index (χ2v) is 8.87. The van der Waals surface area contributed by atoms with Crippen LogP contribution in [-0.2, 0) is 0 Å². The first-order chi connectivity index (χ1) is 15.0. The first-order valence-corrected chi connectivity index (χ1v) is 11.7. The SMILES string of the molecule is CCN(CC)CCN(C(=O)c1cccc2ccccc12)c1nc2c(C)c(C)ccc2s1. The van der Waals surface area contributed by atoms with Gasteiger partial charge in [-0.05, 0) is 61.0 Å². The molecule has 31 heavy (non-hydrogen) atoms. The molecule has 4 rings (SSSR count). The maximum absolute atomic E-state index is 13.9. The fraction of sp³-hybridized carbons (Fsp3) is 0.308. The summed E-state index contributed by atoms with van der Waals surface area (Å²) < 4.78 is 1.12. The van der Waals surface area contributed by atoms with Gasteiger partial charge in [0.2, 0.25) is 0 Å². The van der Waals surface area contributed by atoms with Crippen LogP contribution in [0.2, 0.25) is 0 Å². The summed E-state index contributed by atoms with van der Waals surface area (Å²) >= 11 is 1.60. The van der Waals surface area contributed by atoms with E-state index >= 15 is 0 Å². The zero-order valence-corrected chi connectivity index (χ0v) is 19.5. The molecule has 0 saturated heterocycles. The third-order valence-corrected chi connectivity index (χ3v) is 7.15. The van der Waals surface area contributed by atoms with Crippen molar-refractivity contribution in [1.82, 2.24) is 9.88 Å². The van der Waals surface area contributed by atoms with Gasteiger partial charge in [0.25, 0.3) is 5.91 Å². The molecule has 160 valence electrons. The summed E-state index contributed by atoms with van der Waals surface area (Å²) in [5, 5.41) is 2.83. The van der Waals surface area contributed by atoms with E-state index in [2.05, 4.69) is 56.9 Å². The van der Waals surface area contributed by atoms with Crippen molar-refractivity contribution in [1.29, 1.82) is 0 Å². The van der Waals surface area contributed by atoms with Crippen LogP contribution >= 0.6 is 11.3 Å². The molecule has 0 saturated carbocycles. The normalized spacial score (nSPS) is 11.5. The van der Waals surface area contributed by atoms with Crippen molar-refractivity contribution >= 4 is 43.4 Å². The maximum atomic E-state index is 13.9. The van der Waals surface area contributed by atoms with Crippen LogP contribution in [0, 0.1) is 13.8 Å². The van der Waals surface area contributed by atoms with Crippen LogP contribution in [0.4, 0.5) is 5.13 Å². The predicted octanol–water partition coefficient (Wildman–Crippen LogP) is 6.05. The van der Waals surface area contributed by atoms with Gasteiger partial charge in [0, 0.05) is 18.7 Å². The van der Waals surface area contributed by atoms with E-state index < -0.39 is 0 Å². The molecule has 0 fully saturated rings. The summed E-state index contributed by atoms with van der Waals surface area (Å²) in [6.45, 7) is 11.9. The Hall–Kier alpha value is -2.76. The molecule has 0 spiro atoms. The number of rotatable bonds is 7. The van der Waals surface area contributed by atoms with Gasteiger partial charge in [-0.1, -0.05) is 67.6 Å². The number of fused-ring (bicyclic) bond motifs is 2. The average Bonchev–Trinajstić information content (AvgIpc) is 3.23. The van der Waals surface area contributed by atoms with E-state index in [1.165, 1.54) is 11.1 Å². The van der Waals surface area contributed by atoms with E-state index in [1.54, 1.807) is 11.3 Å². The Morgan fingerprint density at radius 1 is 0.935 bits per heavy atom. The maximum Gasteiger partial charge on any atom is 0.260 e. The van der Waals surface area contributed by atoms with E-state index in [1.807, 2.05) is 35.2 Å². The molecule has 0 aliphatic carbocycles. The molecular weight excluding hydrogens is 402 g/mol. The van der Waals surface area contributed by atoms with Crippen LogP contribution in [0.25, 0.3) is 21.0 Å². The molecule has 0 atom stereocenters. The number of amides is 1. The Kier molecular flexibility index (Phi) is 6.35. The monoisotopic (exact) mass is 431 g/mol. The molecule has 0 N–H and O–H groups in total. The molecule has 1 heterocycles. The van der Waals surface area contributed by atoms with E-state index in [9.17, 15) is 4.79 Å². The van der Waals surface area contributed by atoms with E-state index in [-0.39, 0.29) is 5.91 Å². The van der Waals surface area contributed by atoms with Gasteiger partial charge in [-0.3, -0.25) is 9.69 Å². The second kappa shape index (κ2) is 9.16. The molecule has 0 unspecified atom stereocenters. The van der Waals surface area contributed by atoms with E-state index in [0.717, 1.165) is 51.3 Å². The molecule has 1 aromatic heterocycles. The van der Waals surface area contributed by atoms with Crippen molar-refractivity contribution in [2.24, 2.45) is 0 Å². The highest BCUT2D eigenvalue weighted by Gasteiger charge is 2.23. The number of carbonyl (C=O) groups excluding carboxylic acids is 1. The van der Waals surface area contributed by atoms with Crippen molar-refractivity contribution in [3.05, 3.63) is 71.3 Å². The molecule has 5 heteroatoms. The number of nitrogens with zero attached hydrogens (tertiary/aromatic N) is 3. The van der Waals surface area contributed by atoms with Crippen molar-refractivity contribution in [2.45, 2.75) is 27.7 Å².